The molecule has 3 heteroatoms. The number of hydrogen-bond acceptors (Lipinski definition) is 2. The van der Waals surface area contributed by atoms with E-state index < -0.39 is 0 Å². The van der Waals surface area contributed by atoms with Crippen molar-refractivity contribution in [2.45, 2.75) is 19.8 Å². The molecule has 3 rings (SSSR count). The number of carbonyl (C=O) groups is 1. The molecule has 2 nitrogen and oxygen atoms in total. The molecule has 0 spiro atoms. The van der Waals surface area contributed by atoms with Crippen LogP contribution in [-0.2, 0) is 12.8 Å². The minimum atomic E-state index is 0.0623. The third kappa shape index (κ3) is 2.88. The molecule has 0 N–H and O–H groups in total. The molecule has 1 aliphatic carbocycles. The molecule has 2 aromatic rings. The fraction of sp³-hybridized carbons (Fsp3) is 0.278. The molecule has 2 aromatic carbocycles. The van der Waals surface area contributed by atoms with Crippen LogP contribution in [0.1, 0.15) is 28.4 Å². The molecule has 0 saturated carbocycles. The average molecular weight is 345 g/mol. The van der Waals surface area contributed by atoms with Crippen molar-refractivity contribution >= 4 is 21.7 Å². The number of ketones is 1. The predicted molar refractivity (Wildman–Crippen MR) is 87.0 cm³/mol. The van der Waals surface area contributed by atoms with Gasteiger partial charge in [-0.05, 0) is 65.0 Å². The zero-order chi connectivity index (χ0) is 14.8. The minimum absolute atomic E-state index is 0.0623. The van der Waals surface area contributed by atoms with Crippen LogP contribution in [0.3, 0.4) is 0 Å². The van der Waals surface area contributed by atoms with Crippen molar-refractivity contribution in [3.05, 3.63) is 63.6 Å². The standard InChI is InChI=1S/C18H17BrO2/c1-2-21-17-8-7-14(11-16(17)19)18(20)15-9-12-5-3-4-6-13(12)10-15/h3-8,11,15H,2,9-10H2,1H3. The van der Waals surface area contributed by atoms with E-state index >= 15 is 0 Å². The lowest BCUT2D eigenvalue weighted by Gasteiger charge is -2.11. The van der Waals surface area contributed by atoms with Gasteiger partial charge in [0.2, 0.25) is 0 Å². The first-order valence-electron chi connectivity index (χ1n) is 7.22. The molecule has 0 aliphatic heterocycles. The normalized spacial score (nSPS) is 14.0. The number of halogens is 1. The SMILES string of the molecule is CCOc1ccc(C(=O)C2Cc3ccccc3C2)cc1Br. The summed E-state index contributed by atoms with van der Waals surface area (Å²) in [5, 5.41) is 0. The number of carbonyl (C=O) groups excluding carboxylic acids is 1. The summed E-state index contributed by atoms with van der Waals surface area (Å²) in [4.78, 5) is 12.7. The van der Waals surface area contributed by atoms with Crippen LogP contribution in [0.2, 0.25) is 0 Å². The first kappa shape index (κ1) is 14.3. The molecule has 108 valence electrons. The Morgan fingerprint density at radius 1 is 1.19 bits per heavy atom. The van der Waals surface area contributed by atoms with Crippen molar-refractivity contribution in [2.24, 2.45) is 5.92 Å². The topological polar surface area (TPSA) is 26.3 Å². The van der Waals surface area contributed by atoms with Gasteiger partial charge in [-0.2, -0.15) is 0 Å². The molecule has 1 aliphatic rings. The van der Waals surface area contributed by atoms with Gasteiger partial charge in [0.15, 0.2) is 5.78 Å². The van der Waals surface area contributed by atoms with E-state index in [1.165, 1.54) is 11.1 Å². The van der Waals surface area contributed by atoms with Gasteiger partial charge >= 0.3 is 0 Å². The smallest absolute Gasteiger partial charge is 0.166 e. The molecule has 0 unspecified atom stereocenters. The van der Waals surface area contributed by atoms with Gasteiger partial charge in [0.05, 0.1) is 11.1 Å². The average Bonchev–Trinajstić information content (AvgIpc) is 2.92. The fourth-order valence-corrected chi connectivity index (χ4v) is 3.40. The van der Waals surface area contributed by atoms with Crippen LogP contribution < -0.4 is 4.74 Å². The molecule has 0 atom stereocenters. The van der Waals surface area contributed by atoms with Crippen molar-refractivity contribution < 1.29 is 9.53 Å². The lowest BCUT2D eigenvalue weighted by Crippen LogP contribution is -2.15. The molecule has 0 saturated heterocycles. The minimum Gasteiger partial charge on any atom is -0.493 e. The first-order valence-corrected chi connectivity index (χ1v) is 8.01. The fourth-order valence-electron chi connectivity index (χ4n) is 2.91. The van der Waals surface area contributed by atoms with Crippen LogP contribution in [0.5, 0.6) is 5.75 Å². The maximum absolute atomic E-state index is 12.7. The van der Waals surface area contributed by atoms with Gasteiger partial charge in [-0.1, -0.05) is 24.3 Å². The molecular weight excluding hydrogens is 328 g/mol. The Labute approximate surface area is 133 Å². The maximum atomic E-state index is 12.7. The first-order chi connectivity index (χ1) is 10.2. The molecule has 0 heterocycles. The van der Waals surface area contributed by atoms with E-state index in [1.54, 1.807) is 0 Å². The summed E-state index contributed by atoms with van der Waals surface area (Å²) in [5.74, 6) is 1.06. The number of benzene rings is 2. The van der Waals surface area contributed by atoms with Crippen molar-refractivity contribution in [1.29, 1.82) is 0 Å². The van der Waals surface area contributed by atoms with Crippen LogP contribution in [-0.4, -0.2) is 12.4 Å². The lowest BCUT2D eigenvalue weighted by atomic mass is 9.95. The van der Waals surface area contributed by atoms with Crippen LogP contribution in [0.4, 0.5) is 0 Å². The van der Waals surface area contributed by atoms with E-state index in [-0.39, 0.29) is 11.7 Å². The second-order valence-corrected chi connectivity index (χ2v) is 6.17. The number of rotatable bonds is 4. The summed E-state index contributed by atoms with van der Waals surface area (Å²) < 4.78 is 6.33. The van der Waals surface area contributed by atoms with Gasteiger partial charge in [0.1, 0.15) is 5.75 Å². The number of hydrogen-bond donors (Lipinski definition) is 0. The van der Waals surface area contributed by atoms with Crippen molar-refractivity contribution in [3.8, 4) is 5.75 Å². The molecular formula is C18H17BrO2. The molecule has 0 radical (unpaired) electrons. The highest BCUT2D eigenvalue weighted by atomic mass is 79.9. The number of ether oxygens (including phenoxy) is 1. The Kier molecular flexibility index (Phi) is 4.11. The largest absolute Gasteiger partial charge is 0.493 e. The molecule has 0 bridgehead atoms. The van der Waals surface area contributed by atoms with Crippen LogP contribution >= 0.6 is 15.9 Å². The van der Waals surface area contributed by atoms with Crippen molar-refractivity contribution in [3.63, 3.8) is 0 Å². The van der Waals surface area contributed by atoms with E-state index in [2.05, 4.69) is 28.1 Å². The maximum Gasteiger partial charge on any atom is 0.166 e. The number of fused-ring (bicyclic) bond motifs is 1. The zero-order valence-corrected chi connectivity index (χ0v) is 13.5. The highest BCUT2D eigenvalue weighted by molar-refractivity contribution is 9.10. The summed E-state index contributed by atoms with van der Waals surface area (Å²) in [6.07, 6.45) is 1.69. The van der Waals surface area contributed by atoms with Gasteiger partial charge in [-0.3, -0.25) is 4.79 Å². The van der Waals surface area contributed by atoms with E-state index in [9.17, 15) is 4.79 Å². The van der Waals surface area contributed by atoms with Crippen molar-refractivity contribution in [1.82, 2.24) is 0 Å². The Hall–Kier alpha value is -1.61. The van der Waals surface area contributed by atoms with Gasteiger partial charge in [0, 0.05) is 11.5 Å². The van der Waals surface area contributed by atoms with Gasteiger partial charge in [-0.15, -0.1) is 0 Å². The third-order valence-corrected chi connectivity index (χ3v) is 4.56. The Bertz CT molecular complexity index is 654. The quantitative estimate of drug-likeness (QED) is 0.766. The van der Waals surface area contributed by atoms with Crippen molar-refractivity contribution in [2.75, 3.05) is 6.61 Å². The van der Waals surface area contributed by atoms with E-state index in [1.807, 2.05) is 37.3 Å². The lowest BCUT2D eigenvalue weighted by molar-refractivity contribution is 0.0924. The summed E-state index contributed by atoms with van der Waals surface area (Å²) >= 11 is 3.48. The predicted octanol–water partition coefficient (Wildman–Crippen LogP) is 4.45. The highest BCUT2D eigenvalue weighted by Gasteiger charge is 2.28. The summed E-state index contributed by atoms with van der Waals surface area (Å²) in [5.41, 5.74) is 3.37. The molecule has 0 aromatic heterocycles. The highest BCUT2D eigenvalue weighted by Crippen LogP contribution is 2.31. The van der Waals surface area contributed by atoms with Gasteiger partial charge in [-0.25, -0.2) is 0 Å². The van der Waals surface area contributed by atoms with Gasteiger partial charge < -0.3 is 4.74 Å². The second-order valence-electron chi connectivity index (χ2n) is 5.32. The summed E-state index contributed by atoms with van der Waals surface area (Å²) in [7, 11) is 0. The summed E-state index contributed by atoms with van der Waals surface area (Å²) in [6.45, 7) is 2.56. The molecule has 21 heavy (non-hydrogen) atoms. The van der Waals surface area contributed by atoms with Gasteiger partial charge in [0.25, 0.3) is 0 Å². The van der Waals surface area contributed by atoms with E-state index in [0.29, 0.717) is 6.61 Å². The molecule has 0 fully saturated rings. The molecule has 0 amide bonds. The monoisotopic (exact) mass is 344 g/mol. The zero-order valence-electron chi connectivity index (χ0n) is 11.9. The third-order valence-electron chi connectivity index (χ3n) is 3.94. The van der Waals surface area contributed by atoms with Crippen LogP contribution in [0, 0.1) is 5.92 Å². The Balaban J connectivity index is 1.79. The second kappa shape index (κ2) is 6.02. The Morgan fingerprint density at radius 3 is 2.43 bits per heavy atom. The summed E-state index contributed by atoms with van der Waals surface area (Å²) in [6, 6.07) is 13.9. The van der Waals surface area contributed by atoms with Crippen LogP contribution in [0.15, 0.2) is 46.9 Å². The Morgan fingerprint density at radius 2 is 1.86 bits per heavy atom. The number of Topliss-reactive ketones (excluding diaryl/α,β-unsaturated/α-hetero) is 1. The van der Waals surface area contributed by atoms with E-state index in [0.717, 1.165) is 28.6 Å². The van der Waals surface area contributed by atoms with E-state index in [4.69, 9.17) is 4.74 Å². The van der Waals surface area contributed by atoms with Crippen LogP contribution in [0.25, 0.3) is 0 Å².